The molecule has 0 saturated heterocycles. The Morgan fingerprint density at radius 3 is 2.48 bits per heavy atom. The second-order valence-corrected chi connectivity index (χ2v) is 6.38. The minimum absolute atomic E-state index is 0.0301. The summed E-state index contributed by atoms with van der Waals surface area (Å²) in [6, 6.07) is 13.8. The lowest BCUT2D eigenvalue weighted by Crippen LogP contribution is -2.35. The standard InChI is InChI=1S/C20H24FN3O/c1-4-24-18-8-6-5-7-17(18)23-20(24)14(3)22-13(2)19(25)15-9-11-16(21)12-10-15/h5-14,19,22,25H,4H2,1-3H3. The number of imidazole rings is 1. The van der Waals surface area contributed by atoms with Crippen LogP contribution in [0.1, 0.15) is 44.3 Å². The van der Waals surface area contributed by atoms with Gasteiger partial charge in [-0.05, 0) is 50.6 Å². The third-order valence-electron chi connectivity index (χ3n) is 4.59. The number of hydrogen-bond acceptors (Lipinski definition) is 3. The van der Waals surface area contributed by atoms with Crippen LogP contribution in [0.25, 0.3) is 11.0 Å². The number of aliphatic hydroxyl groups is 1. The molecule has 0 aliphatic rings. The maximum atomic E-state index is 13.1. The van der Waals surface area contributed by atoms with Crippen molar-refractivity contribution in [2.45, 2.75) is 45.5 Å². The molecule has 3 atom stereocenters. The number of aliphatic hydroxyl groups excluding tert-OH is 1. The van der Waals surface area contributed by atoms with Gasteiger partial charge in [-0.2, -0.15) is 0 Å². The van der Waals surface area contributed by atoms with E-state index in [1.807, 2.05) is 32.0 Å². The molecule has 25 heavy (non-hydrogen) atoms. The first kappa shape index (κ1) is 17.6. The molecule has 0 spiro atoms. The first-order valence-electron chi connectivity index (χ1n) is 8.66. The fraction of sp³-hybridized carbons (Fsp3) is 0.350. The number of aromatic nitrogens is 2. The van der Waals surface area contributed by atoms with Gasteiger partial charge < -0.3 is 15.0 Å². The molecule has 0 aliphatic carbocycles. The maximum absolute atomic E-state index is 13.1. The van der Waals surface area contributed by atoms with Crippen molar-refractivity contribution in [1.82, 2.24) is 14.9 Å². The number of nitrogens with zero attached hydrogens (tertiary/aromatic N) is 2. The number of fused-ring (bicyclic) bond motifs is 1. The van der Waals surface area contributed by atoms with Crippen molar-refractivity contribution >= 4 is 11.0 Å². The van der Waals surface area contributed by atoms with Crippen LogP contribution in [0.5, 0.6) is 0 Å². The lowest BCUT2D eigenvalue weighted by molar-refractivity contribution is 0.129. The average molecular weight is 341 g/mol. The van der Waals surface area contributed by atoms with Gasteiger partial charge in [0.15, 0.2) is 0 Å². The van der Waals surface area contributed by atoms with E-state index in [0.717, 1.165) is 23.4 Å². The Morgan fingerprint density at radius 2 is 1.80 bits per heavy atom. The molecular weight excluding hydrogens is 317 g/mol. The van der Waals surface area contributed by atoms with Crippen LogP contribution >= 0.6 is 0 Å². The molecule has 3 rings (SSSR count). The molecule has 5 heteroatoms. The van der Waals surface area contributed by atoms with E-state index in [1.165, 1.54) is 12.1 Å². The quantitative estimate of drug-likeness (QED) is 0.713. The van der Waals surface area contributed by atoms with E-state index in [2.05, 4.69) is 22.9 Å². The molecule has 2 N–H and O–H groups in total. The van der Waals surface area contributed by atoms with Gasteiger partial charge in [-0.3, -0.25) is 0 Å². The predicted octanol–water partition coefficient (Wildman–Crippen LogP) is 3.97. The Kier molecular flexibility index (Phi) is 5.16. The van der Waals surface area contributed by atoms with E-state index in [1.54, 1.807) is 12.1 Å². The van der Waals surface area contributed by atoms with Gasteiger partial charge in [0.05, 0.1) is 23.2 Å². The summed E-state index contributed by atoms with van der Waals surface area (Å²) in [5, 5.41) is 13.9. The van der Waals surface area contributed by atoms with E-state index >= 15 is 0 Å². The normalized spacial score (nSPS) is 15.2. The van der Waals surface area contributed by atoms with Crippen molar-refractivity contribution in [2.75, 3.05) is 0 Å². The summed E-state index contributed by atoms with van der Waals surface area (Å²) in [4.78, 5) is 4.75. The molecule has 0 bridgehead atoms. The lowest BCUT2D eigenvalue weighted by atomic mass is 10.0. The second kappa shape index (κ2) is 7.33. The number of para-hydroxylation sites is 2. The fourth-order valence-corrected chi connectivity index (χ4v) is 3.27. The van der Waals surface area contributed by atoms with E-state index in [-0.39, 0.29) is 17.9 Å². The third-order valence-corrected chi connectivity index (χ3v) is 4.59. The molecular formula is C20H24FN3O. The molecule has 0 radical (unpaired) electrons. The number of aryl methyl sites for hydroxylation is 1. The smallest absolute Gasteiger partial charge is 0.126 e. The van der Waals surface area contributed by atoms with Gasteiger partial charge in [-0.15, -0.1) is 0 Å². The highest BCUT2D eigenvalue weighted by Crippen LogP contribution is 2.23. The first-order chi connectivity index (χ1) is 12.0. The van der Waals surface area contributed by atoms with Gasteiger partial charge in [0.2, 0.25) is 0 Å². The highest BCUT2D eigenvalue weighted by molar-refractivity contribution is 5.76. The van der Waals surface area contributed by atoms with Gasteiger partial charge in [-0.1, -0.05) is 24.3 Å². The van der Waals surface area contributed by atoms with Gasteiger partial charge in [-0.25, -0.2) is 9.37 Å². The van der Waals surface area contributed by atoms with Crippen LogP contribution in [0.15, 0.2) is 48.5 Å². The van der Waals surface area contributed by atoms with Gasteiger partial charge >= 0.3 is 0 Å². The highest BCUT2D eigenvalue weighted by atomic mass is 19.1. The number of hydrogen-bond donors (Lipinski definition) is 2. The van der Waals surface area contributed by atoms with Crippen molar-refractivity contribution in [3.63, 3.8) is 0 Å². The van der Waals surface area contributed by atoms with Crippen LogP contribution in [0, 0.1) is 5.82 Å². The first-order valence-corrected chi connectivity index (χ1v) is 8.66. The number of halogens is 1. The number of nitrogens with one attached hydrogen (secondary N) is 1. The van der Waals surface area contributed by atoms with Crippen molar-refractivity contribution in [2.24, 2.45) is 0 Å². The molecule has 3 unspecified atom stereocenters. The molecule has 0 aliphatic heterocycles. The summed E-state index contributed by atoms with van der Waals surface area (Å²) in [5.41, 5.74) is 2.78. The SMILES string of the molecule is CCn1c(C(C)NC(C)C(O)c2ccc(F)cc2)nc2ccccc21. The van der Waals surface area contributed by atoms with Crippen molar-refractivity contribution in [3.8, 4) is 0 Å². The monoisotopic (exact) mass is 341 g/mol. The molecule has 2 aromatic carbocycles. The molecule has 3 aromatic rings. The Balaban J connectivity index is 1.79. The number of rotatable bonds is 6. The zero-order chi connectivity index (χ0) is 18.0. The van der Waals surface area contributed by atoms with Gasteiger partial charge in [0.25, 0.3) is 0 Å². The van der Waals surface area contributed by atoms with Crippen LogP contribution in [0.4, 0.5) is 4.39 Å². The summed E-state index contributed by atoms with van der Waals surface area (Å²) < 4.78 is 15.2. The van der Waals surface area contributed by atoms with E-state index in [4.69, 9.17) is 4.98 Å². The third kappa shape index (κ3) is 3.57. The summed E-state index contributed by atoms with van der Waals surface area (Å²) in [5.74, 6) is 0.642. The summed E-state index contributed by atoms with van der Waals surface area (Å²) in [6.07, 6.45) is -0.720. The van der Waals surface area contributed by atoms with Crippen LogP contribution in [0.2, 0.25) is 0 Å². The highest BCUT2D eigenvalue weighted by Gasteiger charge is 2.22. The topological polar surface area (TPSA) is 50.1 Å². The zero-order valence-corrected chi connectivity index (χ0v) is 14.8. The van der Waals surface area contributed by atoms with Crippen LogP contribution in [-0.4, -0.2) is 20.7 Å². The minimum Gasteiger partial charge on any atom is -0.387 e. The maximum Gasteiger partial charge on any atom is 0.126 e. The van der Waals surface area contributed by atoms with Crippen LogP contribution in [0.3, 0.4) is 0 Å². The molecule has 0 amide bonds. The molecule has 1 heterocycles. The molecule has 4 nitrogen and oxygen atoms in total. The predicted molar refractivity (Wildman–Crippen MR) is 97.8 cm³/mol. The lowest BCUT2D eigenvalue weighted by Gasteiger charge is -2.25. The van der Waals surface area contributed by atoms with Crippen LogP contribution < -0.4 is 5.32 Å². The molecule has 0 saturated carbocycles. The van der Waals surface area contributed by atoms with E-state index in [9.17, 15) is 9.50 Å². The minimum atomic E-state index is -0.720. The zero-order valence-electron chi connectivity index (χ0n) is 14.8. The Labute approximate surface area is 147 Å². The molecule has 0 fully saturated rings. The summed E-state index contributed by atoms with van der Waals surface area (Å²) >= 11 is 0. The van der Waals surface area contributed by atoms with Crippen molar-refractivity contribution in [3.05, 3.63) is 65.7 Å². The van der Waals surface area contributed by atoms with E-state index in [0.29, 0.717) is 5.56 Å². The van der Waals surface area contributed by atoms with Crippen molar-refractivity contribution in [1.29, 1.82) is 0 Å². The number of benzene rings is 2. The largest absolute Gasteiger partial charge is 0.387 e. The van der Waals surface area contributed by atoms with Gasteiger partial charge in [0, 0.05) is 12.6 Å². The fourth-order valence-electron chi connectivity index (χ4n) is 3.27. The van der Waals surface area contributed by atoms with E-state index < -0.39 is 6.10 Å². The van der Waals surface area contributed by atoms with Crippen molar-refractivity contribution < 1.29 is 9.50 Å². The Hall–Kier alpha value is -2.24. The Morgan fingerprint density at radius 1 is 1.12 bits per heavy atom. The second-order valence-electron chi connectivity index (χ2n) is 6.38. The summed E-state index contributed by atoms with van der Waals surface area (Å²) in [6.45, 7) is 6.89. The average Bonchev–Trinajstić information content (AvgIpc) is 3.00. The van der Waals surface area contributed by atoms with Gasteiger partial charge in [0.1, 0.15) is 11.6 Å². The molecule has 1 aromatic heterocycles. The van der Waals surface area contributed by atoms with Crippen LogP contribution in [-0.2, 0) is 6.54 Å². The molecule has 132 valence electrons. The Bertz CT molecular complexity index is 844. The summed E-state index contributed by atoms with van der Waals surface area (Å²) in [7, 11) is 0.